The second kappa shape index (κ2) is 7.26. The summed E-state index contributed by atoms with van der Waals surface area (Å²) in [5.74, 6) is -0.307. The lowest BCUT2D eigenvalue weighted by Crippen LogP contribution is -2.42. The van der Waals surface area contributed by atoms with Crippen molar-refractivity contribution in [3.63, 3.8) is 0 Å². The van der Waals surface area contributed by atoms with E-state index < -0.39 is 10.0 Å². The molecule has 0 N–H and O–H groups in total. The summed E-state index contributed by atoms with van der Waals surface area (Å²) in [6.45, 7) is 2.68. The van der Waals surface area contributed by atoms with Crippen LogP contribution in [-0.4, -0.2) is 36.9 Å². The first-order chi connectivity index (χ1) is 11.5. The zero-order chi connectivity index (χ0) is 17.2. The van der Waals surface area contributed by atoms with Crippen molar-refractivity contribution in [2.24, 2.45) is 0 Å². The zero-order valence-electron chi connectivity index (χ0n) is 13.3. The van der Waals surface area contributed by atoms with E-state index in [-0.39, 0.29) is 29.3 Å². The van der Waals surface area contributed by atoms with Gasteiger partial charge >= 0.3 is 0 Å². The van der Waals surface area contributed by atoms with E-state index in [9.17, 15) is 12.8 Å². The van der Waals surface area contributed by atoms with Gasteiger partial charge in [-0.3, -0.25) is 0 Å². The van der Waals surface area contributed by atoms with Crippen LogP contribution in [0.5, 0.6) is 0 Å². The van der Waals surface area contributed by atoms with Crippen LogP contribution >= 0.6 is 11.3 Å². The predicted molar refractivity (Wildman–Crippen MR) is 89.8 cm³/mol. The fourth-order valence-electron chi connectivity index (χ4n) is 2.67. The summed E-state index contributed by atoms with van der Waals surface area (Å²) in [5, 5.41) is 0.720. The van der Waals surface area contributed by atoms with Crippen molar-refractivity contribution >= 4 is 21.4 Å². The van der Waals surface area contributed by atoms with Crippen molar-refractivity contribution in [3.05, 3.63) is 46.9 Å². The second-order valence-electron chi connectivity index (χ2n) is 5.73. The molecular formula is C16H19FN2O3S2. The average molecular weight is 370 g/mol. The molecule has 24 heavy (non-hydrogen) atoms. The van der Waals surface area contributed by atoms with Gasteiger partial charge in [0.2, 0.25) is 0 Å². The maximum Gasteiger partial charge on any atom is 0.254 e. The first-order valence-electron chi connectivity index (χ1n) is 7.74. The Morgan fingerprint density at radius 2 is 2.21 bits per heavy atom. The third kappa shape index (κ3) is 3.83. The van der Waals surface area contributed by atoms with E-state index in [1.807, 2.05) is 0 Å². The third-order valence-electron chi connectivity index (χ3n) is 3.97. The maximum atomic E-state index is 13.6. The van der Waals surface area contributed by atoms with Crippen LogP contribution in [-0.2, 0) is 21.4 Å². The molecule has 1 aliphatic rings. The van der Waals surface area contributed by atoms with Gasteiger partial charge in [-0.25, -0.2) is 17.8 Å². The SMILES string of the molecule is Cc1ncc(S(=O)(=O)N2CCC[C@H](OCc3ccccc3F)C2)s1. The Hall–Kier alpha value is -1.35. The number of ether oxygens (including phenoxy) is 1. The number of thiazole rings is 1. The Bertz CT molecular complexity index is 807. The number of hydrogen-bond donors (Lipinski definition) is 0. The molecule has 0 radical (unpaired) electrons. The van der Waals surface area contributed by atoms with Gasteiger partial charge in [0.25, 0.3) is 10.0 Å². The van der Waals surface area contributed by atoms with Gasteiger partial charge in [0, 0.05) is 18.7 Å². The molecule has 130 valence electrons. The first-order valence-corrected chi connectivity index (χ1v) is 10.00. The Morgan fingerprint density at radius 1 is 1.42 bits per heavy atom. The molecule has 1 saturated heterocycles. The van der Waals surface area contributed by atoms with Crippen LogP contribution < -0.4 is 0 Å². The molecule has 8 heteroatoms. The number of piperidine rings is 1. The fraction of sp³-hybridized carbons (Fsp3) is 0.438. The lowest BCUT2D eigenvalue weighted by Gasteiger charge is -2.31. The number of sulfonamides is 1. The van der Waals surface area contributed by atoms with Gasteiger partial charge in [0.15, 0.2) is 4.21 Å². The van der Waals surface area contributed by atoms with Crippen LogP contribution in [0.3, 0.4) is 0 Å². The monoisotopic (exact) mass is 370 g/mol. The van der Waals surface area contributed by atoms with Crippen LogP contribution in [0.25, 0.3) is 0 Å². The summed E-state index contributed by atoms with van der Waals surface area (Å²) >= 11 is 1.17. The number of halogens is 1. The molecule has 0 saturated carbocycles. The van der Waals surface area contributed by atoms with Crippen LogP contribution in [0.15, 0.2) is 34.7 Å². The van der Waals surface area contributed by atoms with Gasteiger partial charge in [-0.2, -0.15) is 4.31 Å². The van der Waals surface area contributed by atoms with Crippen molar-refractivity contribution < 1.29 is 17.5 Å². The predicted octanol–water partition coefficient (Wildman–Crippen LogP) is 2.96. The second-order valence-corrected chi connectivity index (χ2v) is 9.13. The third-order valence-corrected chi connectivity index (χ3v) is 7.18. The summed E-state index contributed by atoms with van der Waals surface area (Å²) < 4.78 is 46.4. The molecule has 0 unspecified atom stereocenters. The Labute approximate surface area is 145 Å². The normalized spacial score (nSPS) is 19.5. The molecular weight excluding hydrogens is 351 g/mol. The number of benzene rings is 1. The highest BCUT2D eigenvalue weighted by molar-refractivity contribution is 7.91. The van der Waals surface area contributed by atoms with E-state index in [2.05, 4.69) is 4.98 Å². The minimum Gasteiger partial charge on any atom is -0.372 e. The number of rotatable bonds is 5. The standard InChI is InChI=1S/C16H19FN2O3S2/c1-12-18-9-16(23-12)24(20,21)19-8-4-6-14(10-19)22-11-13-5-2-3-7-15(13)17/h2-3,5,7,9,14H,4,6,8,10-11H2,1H3/t14-/m0/s1. The largest absolute Gasteiger partial charge is 0.372 e. The minimum atomic E-state index is -3.53. The van der Waals surface area contributed by atoms with E-state index in [1.54, 1.807) is 25.1 Å². The van der Waals surface area contributed by atoms with Crippen LogP contribution in [0.2, 0.25) is 0 Å². The van der Waals surface area contributed by atoms with Crippen LogP contribution in [0, 0.1) is 12.7 Å². The molecule has 1 atom stereocenters. The van der Waals surface area contributed by atoms with Crippen LogP contribution in [0.4, 0.5) is 4.39 Å². The molecule has 1 aromatic heterocycles. The van der Waals surface area contributed by atoms with Crippen molar-refractivity contribution in [1.82, 2.24) is 9.29 Å². The molecule has 5 nitrogen and oxygen atoms in total. The quantitative estimate of drug-likeness (QED) is 0.812. The Balaban J connectivity index is 1.65. The lowest BCUT2D eigenvalue weighted by molar-refractivity contribution is 0.00699. The van der Waals surface area contributed by atoms with Gasteiger partial charge in [-0.05, 0) is 25.8 Å². The molecule has 2 heterocycles. The highest BCUT2D eigenvalue weighted by atomic mass is 32.2. The van der Waals surface area contributed by atoms with E-state index in [1.165, 1.54) is 27.9 Å². The summed E-state index contributed by atoms with van der Waals surface area (Å²) in [6, 6.07) is 6.45. The molecule has 0 spiro atoms. The van der Waals surface area contributed by atoms with E-state index in [0.717, 1.165) is 17.8 Å². The van der Waals surface area contributed by atoms with Gasteiger partial charge in [-0.1, -0.05) is 18.2 Å². The van der Waals surface area contributed by atoms with Crippen molar-refractivity contribution in [2.75, 3.05) is 13.1 Å². The highest BCUT2D eigenvalue weighted by Crippen LogP contribution is 2.26. The molecule has 0 aliphatic carbocycles. The highest BCUT2D eigenvalue weighted by Gasteiger charge is 2.32. The molecule has 0 amide bonds. The number of aromatic nitrogens is 1. The van der Waals surface area contributed by atoms with Crippen molar-refractivity contribution in [2.45, 2.75) is 36.7 Å². The van der Waals surface area contributed by atoms with Crippen LogP contribution in [0.1, 0.15) is 23.4 Å². The average Bonchev–Trinajstić information content (AvgIpc) is 3.02. The summed E-state index contributed by atoms with van der Waals surface area (Å²) in [5.41, 5.74) is 0.482. The topological polar surface area (TPSA) is 59.5 Å². The smallest absolute Gasteiger partial charge is 0.254 e. The Morgan fingerprint density at radius 3 is 2.92 bits per heavy atom. The summed E-state index contributed by atoms with van der Waals surface area (Å²) in [4.78, 5) is 4.02. The lowest BCUT2D eigenvalue weighted by atomic mass is 10.1. The van der Waals surface area contributed by atoms with Crippen molar-refractivity contribution in [1.29, 1.82) is 0 Å². The molecule has 3 rings (SSSR count). The number of hydrogen-bond acceptors (Lipinski definition) is 5. The number of nitrogens with zero attached hydrogens (tertiary/aromatic N) is 2. The van der Waals surface area contributed by atoms with Gasteiger partial charge < -0.3 is 4.74 Å². The van der Waals surface area contributed by atoms with Gasteiger partial charge in [0.1, 0.15) is 5.82 Å². The molecule has 1 aromatic carbocycles. The summed E-state index contributed by atoms with van der Waals surface area (Å²) in [7, 11) is -3.53. The molecule has 1 fully saturated rings. The van der Waals surface area contributed by atoms with E-state index in [0.29, 0.717) is 12.1 Å². The van der Waals surface area contributed by atoms with Gasteiger partial charge in [0.05, 0.1) is 23.9 Å². The zero-order valence-corrected chi connectivity index (χ0v) is 14.9. The minimum absolute atomic E-state index is 0.144. The van der Waals surface area contributed by atoms with E-state index >= 15 is 0 Å². The number of aryl methyl sites for hydroxylation is 1. The molecule has 0 bridgehead atoms. The first kappa shape index (κ1) is 17.5. The molecule has 1 aliphatic heterocycles. The van der Waals surface area contributed by atoms with Crippen molar-refractivity contribution in [3.8, 4) is 0 Å². The molecule has 2 aromatic rings. The Kier molecular flexibility index (Phi) is 5.29. The summed E-state index contributed by atoms with van der Waals surface area (Å²) in [6.07, 6.45) is 2.66. The van der Waals surface area contributed by atoms with E-state index in [4.69, 9.17) is 4.74 Å². The fourth-order valence-corrected chi connectivity index (χ4v) is 5.44. The van der Waals surface area contributed by atoms with Gasteiger partial charge in [-0.15, -0.1) is 11.3 Å². The maximum absolute atomic E-state index is 13.6.